The smallest absolute Gasteiger partial charge is 0.246 e. The lowest BCUT2D eigenvalue weighted by Crippen LogP contribution is -2.59. The number of nitrogens with zero attached hydrogens (tertiary/aromatic N) is 1. The molecule has 0 bridgehead atoms. The second-order valence-corrected chi connectivity index (χ2v) is 11.3. The Labute approximate surface area is 274 Å². The molecule has 3 aromatic rings. The van der Waals surface area contributed by atoms with Crippen LogP contribution in [0.1, 0.15) is 48.4 Å². The van der Waals surface area contributed by atoms with Crippen LogP contribution in [0, 0.1) is 5.92 Å². The molecule has 2 aliphatic heterocycles. The highest BCUT2D eigenvalue weighted by Crippen LogP contribution is 2.34. The van der Waals surface area contributed by atoms with E-state index in [1.54, 1.807) is 4.90 Å². The zero-order valence-electron chi connectivity index (χ0n) is 26.0. The van der Waals surface area contributed by atoms with Crippen LogP contribution in [0.3, 0.4) is 0 Å². The van der Waals surface area contributed by atoms with Gasteiger partial charge < -0.3 is 46.8 Å². The normalized spacial score (nSPS) is 20.6. The quantitative estimate of drug-likeness (QED) is 0.219. The van der Waals surface area contributed by atoms with Crippen LogP contribution in [-0.4, -0.2) is 66.3 Å². The van der Waals surface area contributed by atoms with Gasteiger partial charge in [0.2, 0.25) is 17.7 Å². The lowest BCUT2D eigenvalue weighted by atomic mass is 9.93. The van der Waals surface area contributed by atoms with Crippen LogP contribution in [0.2, 0.25) is 0 Å². The molecule has 0 aromatic heterocycles. The second-order valence-electron chi connectivity index (χ2n) is 11.3. The van der Waals surface area contributed by atoms with E-state index < -0.39 is 37.0 Å². The minimum atomic E-state index is -0.827. The SMILES string of the molecule is NC[C@H]1CC[C@H]2CC[C@@H](C(=O)NC(c3ccccc3)c3ccccc3)N2C(=O)[C@H]1NC(=O)[C@H](N)Cc1ccccc1.O=C[O-].O=C[O-]. The largest absolute Gasteiger partial charge is 0.554 e. The zero-order valence-corrected chi connectivity index (χ0v) is 26.0. The number of hydrogen-bond donors (Lipinski definition) is 4. The predicted molar refractivity (Wildman–Crippen MR) is 170 cm³/mol. The van der Waals surface area contributed by atoms with Crippen molar-refractivity contribution in [3.05, 3.63) is 108 Å². The molecule has 0 radical (unpaired) electrons. The Bertz CT molecular complexity index is 1380. The molecule has 2 saturated heterocycles. The van der Waals surface area contributed by atoms with Crippen LogP contribution < -0.4 is 32.3 Å². The number of nitrogens with one attached hydrogen (secondary N) is 2. The fourth-order valence-electron chi connectivity index (χ4n) is 6.24. The van der Waals surface area contributed by atoms with Gasteiger partial charge in [0.15, 0.2) is 0 Å². The Morgan fingerprint density at radius 2 is 1.32 bits per heavy atom. The summed E-state index contributed by atoms with van der Waals surface area (Å²) in [7, 11) is 0. The van der Waals surface area contributed by atoms with Crippen LogP contribution in [0.4, 0.5) is 0 Å². The van der Waals surface area contributed by atoms with Crippen molar-refractivity contribution in [1.82, 2.24) is 15.5 Å². The number of carboxylic acid groups (broad SMARTS) is 2. The topological polar surface area (TPSA) is 211 Å². The first-order valence-electron chi connectivity index (χ1n) is 15.4. The van der Waals surface area contributed by atoms with Crippen LogP contribution in [0.15, 0.2) is 91.0 Å². The summed E-state index contributed by atoms with van der Waals surface area (Å²) in [6.45, 7) is -0.744. The molecule has 6 N–H and O–H groups in total. The van der Waals surface area contributed by atoms with Gasteiger partial charge in [0.25, 0.3) is 0 Å². The Morgan fingerprint density at radius 3 is 1.83 bits per heavy atom. The number of hydrogen-bond acceptors (Lipinski definition) is 9. The van der Waals surface area contributed by atoms with Gasteiger partial charge in [0.1, 0.15) is 12.1 Å². The molecule has 250 valence electrons. The van der Waals surface area contributed by atoms with E-state index >= 15 is 0 Å². The highest BCUT2D eigenvalue weighted by atomic mass is 16.3. The highest BCUT2D eigenvalue weighted by molar-refractivity contribution is 5.94. The van der Waals surface area contributed by atoms with Gasteiger partial charge >= 0.3 is 0 Å². The van der Waals surface area contributed by atoms with Crippen LogP contribution >= 0.6 is 0 Å². The van der Waals surface area contributed by atoms with Gasteiger partial charge in [0, 0.05) is 24.9 Å². The van der Waals surface area contributed by atoms with Crippen molar-refractivity contribution in [1.29, 1.82) is 0 Å². The first kappa shape index (κ1) is 36.4. The first-order chi connectivity index (χ1) is 22.8. The number of rotatable bonds is 9. The lowest BCUT2D eigenvalue weighted by molar-refractivity contribution is -0.284. The molecule has 12 nitrogen and oxygen atoms in total. The molecule has 0 saturated carbocycles. The molecule has 5 atom stereocenters. The average Bonchev–Trinajstić information content (AvgIpc) is 3.47. The standard InChI is InChI=1S/C33H39N5O3.2CH2O2/c34-21-25-16-17-26-18-19-28(32(40)36-29(23-12-6-2-7-13-23)24-14-8-3-9-15-24)38(26)33(41)30(25)37-31(39)27(35)20-22-10-4-1-5-11-22;2*2-1-3/h1-15,25-30H,16-21,34-35H2,(H,36,40)(H,37,39);2*1H,(H,2,3)/p-2/t25-,26+,27-,28+,30+;;/m1../s1. The van der Waals surface area contributed by atoms with E-state index in [1.165, 1.54) is 0 Å². The molecule has 47 heavy (non-hydrogen) atoms. The first-order valence-corrected chi connectivity index (χ1v) is 15.4. The second kappa shape index (κ2) is 18.8. The van der Waals surface area contributed by atoms with Crippen molar-refractivity contribution in [2.75, 3.05) is 6.54 Å². The van der Waals surface area contributed by atoms with Crippen molar-refractivity contribution in [2.24, 2.45) is 17.4 Å². The molecule has 0 aliphatic carbocycles. The van der Waals surface area contributed by atoms with E-state index in [0.717, 1.165) is 29.5 Å². The van der Waals surface area contributed by atoms with E-state index in [4.69, 9.17) is 31.3 Å². The van der Waals surface area contributed by atoms with E-state index in [0.29, 0.717) is 19.3 Å². The summed E-state index contributed by atoms with van der Waals surface area (Å²) in [5.74, 6) is -1.07. The monoisotopic (exact) mass is 643 g/mol. The Kier molecular flexibility index (Phi) is 14.6. The third-order valence-electron chi connectivity index (χ3n) is 8.46. The molecular formula is C35H41N5O7-2. The zero-order chi connectivity index (χ0) is 34.2. The van der Waals surface area contributed by atoms with Gasteiger partial charge in [-0.05, 0) is 55.3 Å². The highest BCUT2D eigenvalue weighted by Gasteiger charge is 2.47. The number of nitrogens with two attached hydrogens (primary N) is 2. The minimum Gasteiger partial charge on any atom is -0.554 e. The Balaban J connectivity index is 0.000000930. The van der Waals surface area contributed by atoms with Gasteiger partial charge in [-0.25, -0.2) is 0 Å². The van der Waals surface area contributed by atoms with Crippen LogP contribution in [0.5, 0.6) is 0 Å². The molecule has 2 heterocycles. The maximum Gasteiger partial charge on any atom is 0.246 e. The molecule has 0 spiro atoms. The summed E-state index contributed by atoms with van der Waals surface area (Å²) < 4.78 is 0. The number of carbonyl (C=O) groups excluding carboxylic acids is 5. The summed E-state index contributed by atoms with van der Waals surface area (Å²) in [5.41, 5.74) is 15.2. The molecular weight excluding hydrogens is 602 g/mol. The number of fused-ring (bicyclic) bond motifs is 1. The number of benzene rings is 3. The summed E-state index contributed by atoms with van der Waals surface area (Å²) >= 11 is 0. The maximum atomic E-state index is 14.1. The summed E-state index contributed by atoms with van der Waals surface area (Å²) in [5, 5.41) is 22.7. The molecule has 3 aromatic carbocycles. The molecule has 2 aliphatic rings. The van der Waals surface area contributed by atoms with Gasteiger partial charge in [0.05, 0.1) is 12.1 Å². The fraction of sp³-hybridized carbons (Fsp3) is 0.343. The molecule has 3 amide bonds. The van der Waals surface area contributed by atoms with Gasteiger partial charge in [-0.2, -0.15) is 0 Å². The number of carbonyl (C=O) groups is 5. The Morgan fingerprint density at radius 1 is 0.830 bits per heavy atom. The molecule has 12 heteroatoms. The lowest BCUT2D eigenvalue weighted by Gasteiger charge is -2.33. The number of amides is 3. The van der Waals surface area contributed by atoms with E-state index in [1.807, 2.05) is 91.0 Å². The van der Waals surface area contributed by atoms with Crippen molar-refractivity contribution < 1.29 is 34.2 Å². The fourth-order valence-corrected chi connectivity index (χ4v) is 6.24. The Hall–Kier alpha value is -5.07. The van der Waals surface area contributed by atoms with Gasteiger partial charge in [-0.3, -0.25) is 14.4 Å². The van der Waals surface area contributed by atoms with Crippen LogP contribution in [0.25, 0.3) is 0 Å². The van der Waals surface area contributed by atoms with Gasteiger partial charge in [-0.15, -0.1) is 0 Å². The molecule has 0 unspecified atom stereocenters. The summed E-state index contributed by atoms with van der Waals surface area (Å²) in [6.07, 6.45) is 3.09. The van der Waals surface area contributed by atoms with E-state index in [9.17, 15) is 14.4 Å². The van der Waals surface area contributed by atoms with E-state index in [-0.39, 0.29) is 36.4 Å². The molecule has 2 fully saturated rings. The average molecular weight is 644 g/mol. The summed E-state index contributed by atoms with van der Waals surface area (Å²) in [6, 6.07) is 26.5. The summed E-state index contributed by atoms with van der Waals surface area (Å²) in [4.78, 5) is 59.3. The van der Waals surface area contributed by atoms with Crippen LogP contribution in [-0.2, 0) is 30.4 Å². The predicted octanol–water partition coefficient (Wildman–Crippen LogP) is -0.592. The van der Waals surface area contributed by atoms with Crippen molar-refractivity contribution in [3.8, 4) is 0 Å². The van der Waals surface area contributed by atoms with E-state index in [2.05, 4.69) is 10.6 Å². The van der Waals surface area contributed by atoms with Gasteiger partial charge in [-0.1, -0.05) is 91.0 Å². The maximum absolute atomic E-state index is 14.1. The van der Waals surface area contributed by atoms with Crippen molar-refractivity contribution in [3.63, 3.8) is 0 Å². The van der Waals surface area contributed by atoms with Crippen molar-refractivity contribution >= 4 is 30.7 Å². The minimum absolute atomic E-state index is 0.0703. The third-order valence-corrected chi connectivity index (χ3v) is 8.46. The third kappa shape index (κ3) is 9.96. The molecule has 5 rings (SSSR count). The van der Waals surface area contributed by atoms with Crippen molar-refractivity contribution in [2.45, 2.75) is 62.3 Å².